The standard InChI is InChI=1S/C15H21N3/c1-4-9-18-10-15(12(3)17-18)14-7-5-13(6-8-14)11(2)16/h5-8,10-11H,4,9,16H2,1-3H3. The molecule has 2 N–H and O–H groups in total. The Morgan fingerprint density at radius 3 is 2.50 bits per heavy atom. The molecule has 0 bridgehead atoms. The van der Waals surface area contributed by atoms with E-state index in [2.05, 4.69) is 49.4 Å². The molecule has 0 aliphatic rings. The van der Waals surface area contributed by atoms with Gasteiger partial charge in [0.2, 0.25) is 0 Å². The van der Waals surface area contributed by atoms with Crippen LogP contribution < -0.4 is 5.73 Å². The van der Waals surface area contributed by atoms with Crippen LogP contribution in [0.25, 0.3) is 11.1 Å². The van der Waals surface area contributed by atoms with Gasteiger partial charge in [-0.3, -0.25) is 4.68 Å². The summed E-state index contributed by atoms with van der Waals surface area (Å²) in [6.07, 6.45) is 3.23. The largest absolute Gasteiger partial charge is 0.324 e. The van der Waals surface area contributed by atoms with E-state index in [9.17, 15) is 0 Å². The summed E-state index contributed by atoms with van der Waals surface area (Å²) in [5.74, 6) is 0. The number of rotatable bonds is 4. The summed E-state index contributed by atoms with van der Waals surface area (Å²) in [5, 5.41) is 4.53. The fraction of sp³-hybridized carbons (Fsp3) is 0.400. The van der Waals surface area contributed by atoms with Crippen LogP contribution in [0.3, 0.4) is 0 Å². The van der Waals surface area contributed by atoms with E-state index in [1.165, 1.54) is 11.1 Å². The maximum absolute atomic E-state index is 5.86. The Morgan fingerprint density at radius 2 is 1.94 bits per heavy atom. The molecule has 1 aromatic heterocycles. The minimum absolute atomic E-state index is 0.0861. The van der Waals surface area contributed by atoms with Crippen LogP contribution in [0.15, 0.2) is 30.5 Å². The molecule has 0 aliphatic heterocycles. The molecule has 0 aliphatic carbocycles. The van der Waals surface area contributed by atoms with Crippen molar-refractivity contribution in [2.24, 2.45) is 5.73 Å². The third kappa shape index (κ3) is 2.62. The molecule has 0 saturated carbocycles. The lowest BCUT2D eigenvalue weighted by Crippen LogP contribution is -2.04. The highest BCUT2D eigenvalue weighted by atomic mass is 15.3. The monoisotopic (exact) mass is 243 g/mol. The van der Waals surface area contributed by atoms with Crippen molar-refractivity contribution in [3.8, 4) is 11.1 Å². The van der Waals surface area contributed by atoms with E-state index in [1.54, 1.807) is 0 Å². The number of nitrogens with two attached hydrogens (primary N) is 1. The zero-order valence-electron chi connectivity index (χ0n) is 11.4. The molecule has 1 unspecified atom stereocenters. The van der Waals surface area contributed by atoms with Gasteiger partial charge in [-0.25, -0.2) is 0 Å². The lowest BCUT2D eigenvalue weighted by atomic mass is 10.0. The highest BCUT2D eigenvalue weighted by Gasteiger charge is 2.07. The first-order valence-electron chi connectivity index (χ1n) is 6.51. The molecule has 0 fully saturated rings. The van der Waals surface area contributed by atoms with E-state index >= 15 is 0 Å². The van der Waals surface area contributed by atoms with Gasteiger partial charge < -0.3 is 5.73 Å². The number of hydrogen-bond donors (Lipinski definition) is 1. The van der Waals surface area contributed by atoms with Gasteiger partial charge in [0.25, 0.3) is 0 Å². The van der Waals surface area contributed by atoms with Crippen LogP contribution in [0.2, 0.25) is 0 Å². The van der Waals surface area contributed by atoms with Crippen molar-refractivity contribution in [2.45, 2.75) is 39.8 Å². The predicted molar refractivity (Wildman–Crippen MR) is 75.3 cm³/mol. The number of aryl methyl sites for hydroxylation is 2. The lowest BCUT2D eigenvalue weighted by Gasteiger charge is -2.06. The van der Waals surface area contributed by atoms with E-state index in [4.69, 9.17) is 5.73 Å². The second-order valence-electron chi connectivity index (χ2n) is 4.80. The van der Waals surface area contributed by atoms with Crippen molar-refractivity contribution in [1.29, 1.82) is 0 Å². The maximum Gasteiger partial charge on any atom is 0.0672 e. The van der Waals surface area contributed by atoms with Crippen molar-refractivity contribution < 1.29 is 0 Å². The van der Waals surface area contributed by atoms with Crippen LogP contribution in [-0.2, 0) is 6.54 Å². The predicted octanol–water partition coefficient (Wildman–Crippen LogP) is 3.29. The topological polar surface area (TPSA) is 43.8 Å². The Bertz CT molecular complexity index is 509. The van der Waals surface area contributed by atoms with Crippen LogP contribution in [0.5, 0.6) is 0 Å². The van der Waals surface area contributed by atoms with Crippen LogP contribution in [-0.4, -0.2) is 9.78 Å². The molecule has 96 valence electrons. The number of aromatic nitrogens is 2. The van der Waals surface area contributed by atoms with Crippen LogP contribution in [0.1, 0.15) is 37.6 Å². The van der Waals surface area contributed by atoms with Gasteiger partial charge in [-0.1, -0.05) is 31.2 Å². The van der Waals surface area contributed by atoms with Crippen molar-refractivity contribution in [2.75, 3.05) is 0 Å². The first-order valence-corrected chi connectivity index (χ1v) is 6.51. The Morgan fingerprint density at radius 1 is 1.28 bits per heavy atom. The van der Waals surface area contributed by atoms with E-state index in [1.807, 2.05) is 11.6 Å². The third-order valence-electron chi connectivity index (χ3n) is 3.15. The van der Waals surface area contributed by atoms with Gasteiger partial charge >= 0.3 is 0 Å². The van der Waals surface area contributed by atoms with Crippen LogP contribution in [0.4, 0.5) is 0 Å². The second-order valence-corrected chi connectivity index (χ2v) is 4.80. The van der Waals surface area contributed by atoms with Crippen molar-refractivity contribution in [1.82, 2.24) is 9.78 Å². The zero-order chi connectivity index (χ0) is 13.1. The maximum atomic E-state index is 5.86. The quantitative estimate of drug-likeness (QED) is 0.895. The average Bonchev–Trinajstić information content (AvgIpc) is 2.71. The van der Waals surface area contributed by atoms with Gasteiger partial charge in [0, 0.05) is 24.3 Å². The van der Waals surface area contributed by atoms with E-state index in [0.717, 1.165) is 24.2 Å². The fourth-order valence-electron chi connectivity index (χ4n) is 2.11. The summed E-state index contributed by atoms with van der Waals surface area (Å²) in [6.45, 7) is 7.19. The summed E-state index contributed by atoms with van der Waals surface area (Å²) >= 11 is 0. The SMILES string of the molecule is CCCn1cc(-c2ccc(C(C)N)cc2)c(C)n1. The molecular formula is C15H21N3. The Balaban J connectivity index is 2.30. The third-order valence-corrected chi connectivity index (χ3v) is 3.15. The molecule has 18 heavy (non-hydrogen) atoms. The molecule has 0 amide bonds. The molecule has 0 spiro atoms. The molecule has 0 saturated heterocycles. The van der Waals surface area contributed by atoms with Gasteiger partial charge in [-0.2, -0.15) is 5.10 Å². The van der Waals surface area contributed by atoms with Gasteiger partial charge in [-0.05, 0) is 31.4 Å². The fourth-order valence-corrected chi connectivity index (χ4v) is 2.11. The summed E-state index contributed by atoms with van der Waals surface area (Å²) in [6, 6.07) is 8.52. The Hall–Kier alpha value is -1.61. The van der Waals surface area contributed by atoms with Gasteiger partial charge in [0.15, 0.2) is 0 Å². The van der Waals surface area contributed by atoms with E-state index < -0.39 is 0 Å². The normalized spacial score (nSPS) is 12.7. The van der Waals surface area contributed by atoms with Gasteiger partial charge in [0.05, 0.1) is 5.69 Å². The summed E-state index contributed by atoms with van der Waals surface area (Å²) in [7, 11) is 0. The summed E-state index contributed by atoms with van der Waals surface area (Å²) in [4.78, 5) is 0. The molecule has 1 heterocycles. The number of nitrogens with zero attached hydrogens (tertiary/aromatic N) is 2. The van der Waals surface area contributed by atoms with Crippen molar-refractivity contribution in [3.05, 3.63) is 41.7 Å². The van der Waals surface area contributed by atoms with Crippen molar-refractivity contribution in [3.63, 3.8) is 0 Å². The first kappa shape index (κ1) is 12.8. The highest BCUT2D eigenvalue weighted by Crippen LogP contribution is 2.24. The smallest absolute Gasteiger partial charge is 0.0672 e. The minimum Gasteiger partial charge on any atom is -0.324 e. The molecule has 0 radical (unpaired) electrons. The van der Waals surface area contributed by atoms with E-state index in [0.29, 0.717) is 0 Å². The van der Waals surface area contributed by atoms with Crippen LogP contribution >= 0.6 is 0 Å². The molecule has 1 atom stereocenters. The van der Waals surface area contributed by atoms with Crippen LogP contribution in [0, 0.1) is 6.92 Å². The highest BCUT2D eigenvalue weighted by molar-refractivity contribution is 5.65. The molecule has 2 rings (SSSR count). The zero-order valence-corrected chi connectivity index (χ0v) is 11.4. The van der Waals surface area contributed by atoms with E-state index in [-0.39, 0.29) is 6.04 Å². The molecule has 3 heteroatoms. The molecule has 1 aromatic carbocycles. The molecule has 3 nitrogen and oxygen atoms in total. The molecular weight excluding hydrogens is 222 g/mol. The minimum atomic E-state index is 0.0861. The Kier molecular flexibility index (Phi) is 3.82. The summed E-state index contributed by atoms with van der Waals surface area (Å²) < 4.78 is 2.02. The number of benzene rings is 1. The lowest BCUT2D eigenvalue weighted by molar-refractivity contribution is 0.598. The Labute approximate surface area is 109 Å². The van der Waals surface area contributed by atoms with Gasteiger partial charge in [0.1, 0.15) is 0 Å². The second kappa shape index (κ2) is 5.36. The summed E-state index contributed by atoms with van der Waals surface area (Å²) in [5.41, 5.74) is 10.5. The van der Waals surface area contributed by atoms with Crippen molar-refractivity contribution >= 4 is 0 Å². The average molecular weight is 243 g/mol. The van der Waals surface area contributed by atoms with Gasteiger partial charge in [-0.15, -0.1) is 0 Å². The number of hydrogen-bond acceptors (Lipinski definition) is 2. The first-order chi connectivity index (χ1) is 8.61. The molecule has 2 aromatic rings.